The van der Waals surface area contributed by atoms with Gasteiger partial charge in [0, 0.05) is 0 Å². The highest BCUT2D eigenvalue weighted by molar-refractivity contribution is 7.89. The van der Waals surface area contributed by atoms with Crippen molar-refractivity contribution < 1.29 is 12.6 Å². The van der Waals surface area contributed by atoms with Crippen LogP contribution in [-0.2, 0) is 14.3 Å². The molecule has 1 aromatic carbocycles. The van der Waals surface area contributed by atoms with Gasteiger partial charge in [-0.15, -0.1) is 0 Å². The van der Waals surface area contributed by atoms with Gasteiger partial charge in [-0.2, -0.15) is 8.42 Å². The van der Waals surface area contributed by atoms with E-state index in [0.717, 1.165) is 30.2 Å². The Morgan fingerprint density at radius 2 is 1.80 bits per heavy atom. The van der Waals surface area contributed by atoms with Crippen LogP contribution in [0, 0.1) is 5.92 Å². The Morgan fingerprint density at radius 1 is 1.15 bits per heavy atom. The lowest BCUT2D eigenvalue weighted by molar-refractivity contribution is 0.210. The number of benzene rings is 1. The summed E-state index contributed by atoms with van der Waals surface area (Å²) in [5, 5.41) is 1.13. The fourth-order valence-electron chi connectivity index (χ4n) is 1.76. The van der Waals surface area contributed by atoms with Gasteiger partial charge in [0.05, 0.1) is 11.5 Å². The maximum Gasteiger partial charge on any atom is 0.290 e. The molecule has 2 unspecified atom stereocenters. The predicted molar refractivity (Wildman–Crippen MR) is 83.6 cm³/mol. The Morgan fingerprint density at radius 3 is 2.40 bits per heavy atom. The zero-order chi connectivity index (χ0) is 15.0. The van der Waals surface area contributed by atoms with Crippen molar-refractivity contribution >= 4 is 16.2 Å². The van der Waals surface area contributed by atoms with E-state index in [9.17, 15) is 8.42 Å². The van der Waals surface area contributed by atoms with Crippen molar-refractivity contribution in [3.8, 4) is 0 Å². The zero-order valence-electron chi connectivity index (χ0n) is 12.5. The number of rotatable bonds is 8. The average molecular weight is 296 g/mol. The summed E-state index contributed by atoms with van der Waals surface area (Å²) >= 11 is 0. The van der Waals surface area contributed by atoms with Gasteiger partial charge in [0.25, 0.3) is 10.1 Å². The van der Waals surface area contributed by atoms with Crippen LogP contribution in [0.2, 0.25) is 0 Å². The van der Waals surface area contributed by atoms with E-state index in [2.05, 4.69) is 13.8 Å². The summed E-state index contributed by atoms with van der Waals surface area (Å²) in [6, 6.07) is 9.31. The monoisotopic (exact) mass is 296 g/mol. The molecule has 0 saturated heterocycles. The molecule has 2 atom stereocenters. The second-order valence-corrected chi connectivity index (χ2v) is 6.65. The van der Waals surface area contributed by atoms with Crippen molar-refractivity contribution in [1.29, 1.82) is 0 Å². The molecular weight excluding hydrogens is 272 g/mol. The van der Waals surface area contributed by atoms with Gasteiger partial charge < -0.3 is 0 Å². The largest absolute Gasteiger partial charge is 0.290 e. The Labute approximate surface area is 122 Å². The first kappa shape index (κ1) is 16.9. The van der Waals surface area contributed by atoms with Crippen LogP contribution in [0.15, 0.2) is 35.7 Å². The third-order valence-electron chi connectivity index (χ3n) is 3.29. The quantitative estimate of drug-likeness (QED) is 0.675. The fraction of sp³-hybridized carbons (Fsp3) is 0.500. The molecular formula is C16H24O3S. The smallest absolute Gasteiger partial charge is 0.264 e. The minimum Gasteiger partial charge on any atom is -0.264 e. The maximum absolute atomic E-state index is 11.8. The van der Waals surface area contributed by atoms with Gasteiger partial charge in [-0.3, -0.25) is 4.18 Å². The summed E-state index contributed by atoms with van der Waals surface area (Å²) in [6.07, 6.45) is 4.11. The highest BCUT2D eigenvalue weighted by Gasteiger charge is 2.13. The first-order chi connectivity index (χ1) is 9.43. The molecule has 112 valence electrons. The van der Waals surface area contributed by atoms with E-state index in [1.807, 2.05) is 30.3 Å². The Balaban J connectivity index is 2.51. The van der Waals surface area contributed by atoms with Gasteiger partial charge in [-0.05, 0) is 37.3 Å². The van der Waals surface area contributed by atoms with E-state index in [1.165, 1.54) is 0 Å². The molecule has 20 heavy (non-hydrogen) atoms. The predicted octanol–water partition coefficient (Wildman–Crippen LogP) is 4.22. The van der Waals surface area contributed by atoms with Crippen molar-refractivity contribution in [3.05, 3.63) is 41.3 Å². The van der Waals surface area contributed by atoms with Crippen molar-refractivity contribution in [3.63, 3.8) is 0 Å². The normalized spacial score (nSPS) is 15.3. The third kappa shape index (κ3) is 6.87. The van der Waals surface area contributed by atoms with E-state index >= 15 is 0 Å². The van der Waals surface area contributed by atoms with Crippen LogP contribution in [0.1, 0.15) is 45.6 Å². The molecule has 0 saturated carbocycles. The number of hydrogen-bond acceptors (Lipinski definition) is 3. The minimum absolute atomic E-state index is 0.283. The molecule has 0 aromatic heterocycles. The third-order valence-corrected chi connectivity index (χ3v) is 4.35. The zero-order valence-corrected chi connectivity index (χ0v) is 13.3. The number of hydrogen-bond donors (Lipinski definition) is 0. The van der Waals surface area contributed by atoms with Crippen LogP contribution in [0.3, 0.4) is 0 Å². The van der Waals surface area contributed by atoms with E-state index < -0.39 is 10.1 Å². The highest BCUT2D eigenvalue weighted by atomic mass is 32.2. The van der Waals surface area contributed by atoms with Gasteiger partial charge >= 0.3 is 0 Å². The molecule has 0 amide bonds. The minimum atomic E-state index is -3.61. The fourth-order valence-corrected chi connectivity index (χ4v) is 2.70. The van der Waals surface area contributed by atoms with Crippen molar-refractivity contribution in [2.45, 2.75) is 46.1 Å². The molecule has 0 N–H and O–H groups in total. The van der Waals surface area contributed by atoms with Crippen LogP contribution in [0.4, 0.5) is 0 Å². The topological polar surface area (TPSA) is 43.4 Å². The summed E-state index contributed by atoms with van der Waals surface area (Å²) in [6.45, 7) is 6.10. The molecule has 0 bridgehead atoms. The molecule has 0 aliphatic heterocycles. The lowest BCUT2D eigenvalue weighted by atomic mass is 10.0. The average Bonchev–Trinajstić information content (AvgIpc) is 2.43. The van der Waals surface area contributed by atoms with Crippen molar-refractivity contribution in [1.82, 2.24) is 0 Å². The molecule has 0 fully saturated rings. The Bertz CT molecular complexity index is 506. The van der Waals surface area contributed by atoms with Gasteiger partial charge in [0.2, 0.25) is 0 Å². The first-order valence-corrected chi connectivity index (χ1v) is 8.56. The summed E-state index contributed by atoms with van der Waals surface area (Å²) in [7, 11) is -3.61. The Kier molecular flexibility index (Phi) is 6.96. The lowest BCUT2D eigenvalue weighted by Crippen LogP contribution is -2.14. The molecule has 1 aromatic rings. The second kappa shape index (κ2) is 8.22. The molecule has 3 nitrogen and oxygen atoms in total. The molecule has 4 heteroatoms. The maximum atomic E-state index is 11.8. The molecule has 0 heterocycles. The SMILES string of the molecule is CCC(C)CCC(C)OS(=O)(=O)C=Cc1ccccc1. The second-order valence-electron chi connectivity index (χ2n) is 5.20. The van der Waals surface area contributed by atoms with Crippen LogP contribution >= 0.6 is 0 Å². The highest BCUT2D eigenvalue weighted by Crippen LogP contribution is 2.15. The van der Waals surface area contributed by atoms with Gasteiger partial charge in [0.15, 0.2) is 0 Å². The Hall–Kier alpha value is -1.13. The van der Waals surface area contributed by atoms with Gasteiger partial charge in [-0.25, -0.2) is 0 Å². The molecule has 0 aliphatic rings. The van der Waals surface area contributed by atoms with E-state index in [4.69, 9.17) is 4.18 Å². The van der Waals surface area contributed by atoms with Crippen LogP contribution in [0.25, 0.3) is 6.08 Å². The molecule has 0 radical (unpaired) electrons. The standard InChI is InChI=1S/C16H24O3S/c1-4-14(2)10-11-15(3)19-20(17,18)13-12-16-8-6-5-7-9-16/h5-9,12-15H,4,10-11H2,1-3H3. The summed E-state index contributed by atoms with van der Waals surface area (Å²) in [5.74, 6) is 0.601. The molecule has 0 spiro atoms. The van der Waals surface area contributed by atoms with Crippen LogP contribution in [-0.4, -0.2) is 14.5 Å². The van der Waals surface area contributed by atoms with E-state index in [0.29, 0.717) is 5.92 Å². The van der Waals surface area contributed by atoms with Gasteiger partial charge in [-0.1, -0.05) is 50.6 Å². The lowest BCUT2D eigenvalue weighted by Gasteiger charge is -2.13. The summed E-state index contributed by atoms with van der Waals surface area (Å²) in [4.78, 5) is 0. The van der Waals surface area contributed by atoms with Crippen molar-refractivity contribution in [2.75, 3.05) is 0 Å². The summed E-state index contributed by atoms with van der Waals surface area (Å²) in [5.41, 5.74) is 0.840. The van der Waals surface area contributed by atoms with Crippen LogP contribution < -0.4 is 0 Å². The van der Waals surface area contributed by atoms with E-state index in [-0.39, 0.29) is 6.10 Å². The summed E-state index contributed by atoms with van der Waals surface area (Å²) < 4.78 is 28.8. The van der Waals surface area contributed by atoms with Gasteiger partial charge in [0.1, 0.15) is 0 Å². The van der Waals surface area contributed by atoms with Crippen LogP contribution in [0.5, 0.6) is 0 Å². The first-order valence-electron chi connectivity index (χ1n) is 7.09. The molecule has 1 rings (SSSR count). The van der Waals surface area contributed by atoms with E-state index in [1.54, 1.807) is 13.0 Å². The molecule has 0 aliphatic carbocycles. The van der Waals surface area contributed by atoms with Crippen molar-refractivity contribution in [2.24, 2.45) is 5.92 Å².